The van der Waals surface area contributed by atoms with Crippen LogP contribution < -0.4 is 9.46 Å². The zero-order valence-corrected chi connectivity index (χ0v) is 21.3. The van der Waals surface area contributed by atoms with E-state index in [1.54, 1.807) is 11.0 Å². The van der Waals surface area contributed by atoms with Gasteiger partial charge in [-0.2, -0.15) is 5.26 Å². The van der Waals surface area contributed by atoms with Gasteiger partial charge in [-0.15, -0.1) is 0 Å². The van der Waals surface area contributed by atoms with Crippen molar-refractivity contribution in [3.8, 4) is 5.88 Å². The summed E-state index contributed by atoms with van der Waals surface area (Å²) in [5.74, 6) is -1.28. The quantitative estimate of drug-likeness (QED) is 0.350. The molecule has 0 saturated carbocycles. The molecule has 12 nitrogen and oxygen atoms in total. The number of hydrogen-bond donors (Lipinski definition) is 2. The highest BCUT2D eigenvalue weighted by atomic mass is 32.2. The van der Waals surface area contributed by atoms with E-state index >= 15 is 0 Å². The third-order valence-corrected chi connectivity index (χ3v) is 6.84. The van der Waals surface area contributed by atoms with Gasteiger partial charge in [0.05, 0.1) is 4.90 Å². The molecule has 198 valence electrons. The van der Waals surface area contributed by atoms with Gasteiger partial charge < -0.3 is 18.8 Å². The molecule has 1 aliphatic heterocycles. The summed E-state index contributed by atoms with van der Waals surface area (Å²) in [6.45, 7) is 6.29. The van der Waals surface area contributed by atoms with Crippen molar-refractivity contribution in [1.29, 1.82) is 0 Å². The summed E-state index contributed by atoms with van der Waals surface area (Å²) in [5, 5.41) is 8.97. The van der Waals surface area contributed by atoms with Gasteiger partial charge in [0.15, 0.2) is 0 Å². The molecule has 0 atom stereocenters. The molecule has 1 amide bonds. The topological polar surface area (TPSA) is 158 Å². The highest BCUT2D eigenvalue weighted by Crippen LogP contribution is 2.29. The summed E-state index contributed by atoms with van der Waals surface area (Å²) in [4.78, 5) is 33.1. The third kappa shape index (κ3) is 6.30. The number of nitrogens with one attached hydrogen (secondary N) is 1. The average Bonchev–Trinajstić information content (AvgIpc) is 3.27. The van der Waals surface area contributed by atoms with E-state index in [0.717, 1.165) is 0 Å². The van der Waals surface area contributed by atoms with Crippen molar-refractivity contribution in [1.82, 2.24) is 9.88 Å². The number of sulfonamides is 1. The molecule has 1 aromatic carbocycles. The molecule has 2 N–H and O–H groups in total. The van der Waals surface area contributed by atoms with E-state index in [9.17, 15) is 18.0 Å². The fraction of sp³-hybridized carbons (Fsp3) is 0.375. The number of piperidine rings is 1. The number of benzene rings is 1. The van der Waals surface area contributed by atoms with Crippen molar-refractivity contribution in [3.05, 3.63) is 48.4 Å². The highest BCUT2D eigenvalue weighted by Gasteiger charge is 2.29. The van der Waals surface area contributed by atoms with Gasteiger partial charge in [-0.05, 0) is 51.1 Å². The summed E-state index contributed by atoms with van der Waals surface area (Å²) >= 11 is 0. The van der Waals surface area contributed by atoms with Crippen LogP contribution in [0.2, 0.25) is 0 Å². The van der Waals surface area contributed by atoms with Crippen LogP contribution in [0.25, 0.3) is 11.0 Å². The first-order chi connectivity index (χ1) is 17.4. The molecule has 1 fully saturated rings. The van der Waals surface area contributed by atoms with E-state index in [2.05, 4.69) is 14.6 Å². The molecule has 2 aromatic heterocycles. The number of aromatic nitrogens is 1. The molecule has 3 heterocycles. The number of likely N-dealkylation sites (tertiary alicyclic amines) is 1. The first-order valence-electron chi connectivity index (χ1n) is 11.5. The average molecular weight is 534 g/mol. The Morgan fingerprint density at radius 3 is 2.57 bits per heavy atom. The van der Waals surface area contributed by atoms with Crippen LogP contribution in [0, 0.1) is 0 Å². The Balaban J connectivity index is 1.45. The zero-order chi connectivity index (χ0) is 26.8. The number of carbonyl (C=O) groups is 2. The SMILES string of the molecule is CC(C)(C)OC(=O)N1CCC(Oc2ncccc2NS(=O)(=O)c2ccc3cc(C(=O)OO)oc3c2)CC1. The second kappa shape index (κ2) is 10.3. The molecule has 0 unspecified atom stereocenters. The van der Waals surface area contributed by atoms with Crippen LogP contribution in [0.5, 0.6) is 5.88 Å². The number of furan rings is 1. The van der Waals surface area contributed by atoms with Gasteiger partial charge in [-0.25, -0.2) is 23.0 Å². The standard InChI is InChI=1S/C24H27N3O9S/c1-24(2,3)35-23(29)27-11-8-16(9-12-27)33-21-18(5-4-10-25-21)26-37(31,32)17-7-6-15-13-20(22(28)36-30)34-19(15)14-17/h4-7,10,13-14,16,26,30H,8-9,11-12H2,1-3H3. The molecule has 1 saturated heterocycles. The van der Waals surface area contributed by atoms with Crippen molar-refractivity contribution in [2.75, 3.05) is 17.8 Å². The lowest BCUT2D eigenvalue weighted by molar-refractivity contribution is -0.184. The van der Waals surface area contributed by atoms with E-state index in [0.29, 0.717) is 31.3 Å². The summed E-state index contributed by atoms with van der Waals surface area (Å²) < 4.78 is 45.4. The zero-order valence-electron chi connectivity index (χ0n) is 20.5. The lowest BCUT2D eigenvalue weighted by Crippen LogP contribution is -2.44. The van der Waals surface area contributed by atoms with E-state index in [1.165, 1.54) is 36.5 Å². The smallest absolute Gasteiger partial charge is 0.410 e. The number of anilines is 1. The summed E-state index contributed by atoms with van der Waals surface area (Å²) in [7, 11) is -4.09. The van der Waals surface area contributed by atoms with E-state index in [-0.39, 0.29) is 40.0 Å². The van der Waals surface area contributed by atoms with Crippen LogP contribution in [0.3, 0.4) is 0 Å². The second-order valence-electron chi connectivity index (χ2n) is 9.44. The minimum atomic E-state index is -4.09. The molecule has 0 aliphatic carbocycles. The molecular weight excluding hydrogens is 506 g/mol. The maximum Gasteiger partial charge on any atom is 0.410 e. The highest BCUT2D eigenvalue weighted by molar-refractivity contribution is 7.92. The minimum absolute atomic E-state index is 0.105. The predicted molar refractivity (Wildman–Crippen MR) is 131 cm³/mol. The van der Waals surface area contributed by atoms with Gasteiger partial charge >= 0.3 is 12.1 Å². The Hall–Kier alpha value is -3.84. The molecule has 3 aromatic rings. The van der Waals surface area contributed by atoms with Gasteiger partial charge in [0.25, 0.3) is 10.0 Å². The molecule has 0 radical (unpaired) electrons. The van der Waals surface area contributed by atoms with Gasteiger partial charge in [0.1, 0.15) is 23.0 Å². The molecular formula is C24H27N3O9S. The van der Waals surface area contributed by atoms with Crippen molar-refractivity contribution in [3.63, 3.8) is 0 Å². The molecule has 37 heavy (non-hydrogen) atoms. The first-order valence-corrected chi connectivity index (χ1v) is 13.0. The number of ether oxygens (including phenoxy) is 2. The number of amides is 1. The number of rotatable bonds is 6. The summed E-state index contributed by atoms with van der Waals surface area (Å²) in [5.41, 5.74) is -0.330. The maximum atomic E-state index is 13.1. The fourth-order valence-electron chi connectivity index (χ4n) is 3.73. The Morgan fingerprint density at radius 2 is 1.89 bits per heavy atom. The van der Waals surface area contributed by atoms with E-state index in [4.69, 9.17) is 19.1 Å². The van der Waals surface area contributed by atoms with Crippen LogP contribution in [-0.4, -0.2) is 60.4 Å². The summed E-state index contributed by atoms with van der Waals surface area (Å²) in [6, 6.07) is 8.46. The lowest BCUT2D eigenvalue weighted by Gasteiger charge is -2.33. The van der Waals surface area contributed by atoms with Crippen molar-refractivity contribution in [2.24, 2.45) is 0 Å². The Bertz CT molecular complexity index is 1400. The minimum Gasteiger partial charge on any atom is -0.473 e. The van der Waals surface area contributed by atoms with Crippen molar-refractivity contribution < 1.29 is 42.0 Å². The van der Waals surface area contributed by atoms with Crippen LogP contribution in [0.4, 0.5) is 10.5 Å². The number of fused-ring (bicyclic) bond motifs is 1. The van der Waals surface area contributed by atoms with E-state index < -0.39 is 21.6 Å². The first kappa shape index (κ1) is 26.2. The van der Waals surface area contributed by atoms with Gasteiger partial charge in [0.2, 0.25) is 11.6 Å². The van der Waals surface area contributed by atoms with Gasteiger partial charge in [-0.3, -0.25) is 9.61 Å². The van der Waals surface area contributed by atoms with Crippen molar-refractivity contribution in [2.45, 2.75) is 50.2 Å². The van der Waals surface area contributed by atoms with Crippen LogP contribution >= 0.6 is 0 Å². The van der Waals surface area contributed by atoms with Crippen LogP contribution in [-0.2, 0) is 19.6 Å². The number of carbonyl (C=O) groups excluding carboxylic acids is 2. The number of nitrogens with zero attached hydrogens (tertiary/aromatic N) is 2. The van der Waals surface area contributed by atoms with E-state index in [1.807, 2.05) is 20.8 Å². The molecule has 1 aliphatic rings. The number of pyridine rings is 1. The monoisotopic (exact) mass is 533 g/mol. The maximum absolute atomic E-state index is 13.1. The third-order valence-electron chi connectivity index (χ3n) is 5.47. The largest absolute Gasteiger partial charge is 0.473 e. The fourth-order valence-corrected chi connectivity index (χ4v) is 4.80. The van der Waals surface area contributed by atoms with Gasteiger partial charge in [-0.1, -0.05) is 0 Å². The number of hydrogen-bond acceptors (Lipinski definition) is 10. The van der Waals surface area contributed by atoms with Crippen molar-refractivity contribution >= 4 is 38.7 Å². The Labute approximate surface area is 213 Å². The lowest BCUT2D eigenvalue weighted by atomic mass is 10.1. The normalized spacial score (nSPS) is 14.9. The Morgan fingerprint density at radius 1 is 1.16 bits per heavy atom. The van der Waals surface area contributed by atoms with Crippen LogP contribution in [0.15, 0.2) is 51.9 Å². The summed E-state index contributed by atoms with van der Waals surface area (Å²) in [6.07, 6.45) is 1.87. The Kier molecular flexibility index (Phi) is 7.28. The molecule has 0 spiro atoms. The molecule has 4 rings (SSSR count). The predicted octanol–water partition coefficient (Wildman–Crippen LogP) is 4.04. The second-order valence-corrected chi connectivity index (χ2v) is 11.1. The molecule has 13 heteroatoms. The van der Waals surface area contributed by atoms with Crippen LogP contribution in [0.1, 0.15) is 44.2 Å². The molecule has 0 bridgehead atoms. The van der Waals surface area contributed by atoms with Gasteiger partial charge in [0, 0.05) is 43.6 Å².